The molecule has 0 bridgehead atoms. The predicted octanol–water partition coefficient (Wildman–Crippen LogP) is 6.15. The third-order valence-electron chi connectivity index (χ3n) is 7.24. The molecule has 0 amide bonds. The lowest BCUT2D eigenvalue weighted by Crippen LogP contribution is -2.67. The molecule has 0 spiro atoms. The van der Waals surface area contributed by atoms with Crippen molar-refractivity contribution >= 4 is 24.7 Å². The average molecular weight is 539 g/mol. The Kier molecular flexibility index (Phi) is 10.5. The molecule has 38 heavy (non-hydrogen) atoms. The van der Waals surface area contributed by atoms with E-state index in [-0.39, 0.29) is 29.3 Å². The fourth-order valence-corrected chi connectivity index (χ4v) is 10.2. The smallest absolute Gasteiger partial charge is 0.330 e. The van der Waals surface area contributed by atoms with Gasteiger partial charge in [0.1, 0.15) is 6.10 Å². The first-order valence-electron chi connectivity index (χ1n) is 13.9. The van der Waals surface area contributed by atoms with Gasteiger partial charge in [-0.1, -0.05) is 101 Å². The van der Waals surface area contributed by atoms with E-state index in [1.807, 2.05) is 13.8 Å². The zero-order valence-corrected chi connectivity index (χ0v) is 25.2. The molecule has 1 saturated heterocycles. The summed E-state index contributed by atoms with van der Waals surface area (Å²) in [5.41, 5.74) is 0. The first-order valence-corrected chi connectivity index (χ1v) is 15.8. The van der Waals surface area contributed by atoms with Gasteiger partial charge in [-0.05, 0) is 55.1 Å². The molecule has 1 fully saturated rings. The highest BCUT2D eigenvalue weighted by Crippen LogP contribution is 2.38. The summed E-state index contributed by atoms with van der Waals surface area (Å²) in [5, 5.41) is 2.61. The molecular weight excluding hydrogens is 492 g/mol. The van der Waals surface area contributed by atoms with Crippen LogP contribution in [0.25, 0.3) is 0 Å². The summed E-state index contributed by atoms with van der Waals surface area (Å²) >= 11 is 0. The second kappa shape index (κ2) is 13.2. The van der Waals surface area contributed by atoms with Crippen LogP contribution in [-0.2, 0) is 23.4 Å². The highest BCUT2D eigenvalue weighted by molar-refractivity contribution is 6.99. The van der Waals surface area contributed by atoms with E-state index in [1.165, 1.54) is 23.6 Å². The van der Waals surface area contributed by atoms with Crippen molar-refractivity contribution in [3.63, 3.8) is 0 Å². The number of benzene rings is 2. The zero-order chi connectivity index (χ0) is 27.8. The first kappa shape index (κ1) is 30.3. The van der Waals surface area contributed by atoms with E-state index in [2.05, 4.69) is 88.4 Å². The van der Waals surface area contributed by atoms with Crippen LogP contribution in [-0.4, -0.2) is 45.5 Å². The highest BCUT2D eigenvalue weighted by Gasteiger charge is 2.50. The molecular formula is C32H46O5Si. The summed E-state index contributed by atoms with van der Waals surface area (Å²) in [4.78, 5) is 11.5. The summed E-state index contributed by atoms with van der Waals surface area (Å²) < 4.78 is 24.0. The number of hydrogen-bond acceptors (Lipinski definition) is 5. The minimum Gasteiger partial charge on any atom is -0.466 e. The van der Waals surface area contributed by atoms with Gasteiger partial charge in [0.05, 0.1) is 13.2 Å². The normalized spacial score (nSPS) is 20.5. The third kappa shape index (κ3) is 7.66. The number of methoxy groups -OCH3 is 1. The van der Waals surface area contributed by atoms with E-state index in [0.29, 0.717) is 0 Å². The Morgan fingerprint density at radius 3 is 2.08 bits per heavy atom. The molecule has 1 heterocycles. The van der Waals surface area contributed by atoms with Crippen LogP contribution < -0.4 is 10.4 Å². The van der Waals surface area contributed by atoms with Crippen LogP contribution in [0.2, 0.25) is 5.04 Å². The lowest BCUT2D eigenvalue weighted by molar-refractivity contribution is -0.144. The van der Waals surface area contributed by atoms with Gasteiger partial charge in [0.25, 0.3) is 8.32 Å². The maximum atomic E-state index is 11.5. The maximum absolute atomic E-state index is 11.5. The molecule has 0 saturated carbocycles. The van der Waals surface area contributed by atoms with Gasteiger partial charge < -0.3 is 18.6 Å². The van der Waals surface area contributed by atoms with E-state index in [0.717, 1.165) is 32.1 Å². The topological polar surface area (TPSA) is 54.0 Å². The Morgan fingerprint density at radius 1 is 0.974 bits per heavy atom. The Hall–Kier alpha value is -2.25. The second-order valence-electron chi connectivity index (χ2n) is 11.8. The largest absolute Gasteiger partial charge is 0.466 e. The number of hydrogen-bond donors (Lipinski definition) is 0. The molecule has 208 valence electrons. The van der Waals surface area contributed by atoms with Gasteiger partial charge in [0.2, 0.25) is 0 Å². The molecule has 0 radical (unpaired) electrons. The highest BCUT2D eigenvalue weighted by atomic mass is 28.4. The fourth-order valence-electron chi connectivity index (χ4n) is 5.50. The quantitative estimate of drug-likeness (QED) is 0.140. The standard InChI is InChI=1S/C32H46O5Si/c1-25(17-11-8-16-22-28-29(23-24-30(33)34-7)36-32(5,6)35-28)37-38(31(2,3)4,26-18-12-9-13-19-26)27-20-14-10-15-21-27/h9-10,12-15,18-21,23-25,28-29H,8,11,16-17,22H2,1-7H3/b24-23+/t25-,28+,29-/m0/s1. The van der Waals surface area contributed by atoms with Crippen molar-refractivity contribution in [1.82, 2.24) is 0 Å². The van der Waals surface area contributed by atoms with Gasteiger partial charge in [-0.2, -0.15) is 0 Å². The molecule has 3 atom stereocenters. The van der Waals surface area contributed by atoms with Crippen molar-refractivity contribution < 1.29 is 23.4 Å². The molecule has 1 aliphatic rings. The predicted molar refractivity (Wildman–Crippen MR) is 156 cm³/mol. The van der Waals surface area contributed by atoms with Crippen LogP contribution in [0.1, 0.15) is 73.6 Å². The SMILES string of the molecule is COC(=O)/C=C/[C@@H]1OC(C)(C)O[C@@H]1CCCCC[C@H](C)O[Si](c1ccccc1)(c1ccccc1)C(C)(C)C. The average Bonchev–Trinajstić information content (AvgIpc) is 3.18. The summed E-state index contributed by atoms with van der Waals surface area (Å²) in [6.45, 7) is 13.0. The third-order valence-corrected chi connectivity index (χ3v) is 12.4. The molecule has 6 heteroatoms. The van der Waals surface area contributed by atoms with Crippen LogP contribution in [0, 0.1) is 0 Å². The Balaban J connectivity index is 1.61. The second-order valence-corrected chi connectivity index (χ2v) is 16.0. The minimum absolute atomic E-state index is 0.0245. The van der Waals surface area contributed by atoms with Gasteiger partial charge in [-0.15, -0.1) is 0 Å². The molecule has 0 unspecified atom stereocenters. The van der Waals surface area contributed by atoms with Gasteiger partial charge in [-0.3, -0.25) is 0 Å². The zero-order valence-electron chi connectivity index (χ0n) is 24.2. The lowest BCUT2D eigenvalue weighted by atomic mass is 10.0. The van der Waals surface area contributed by atoms with Gasteiger partial charge in [0, 0.05) is 12.2 Å². The minimum atomic E-state index is -2.53. The van der Waals surface area contributed by atoms with E-state index in [1.54, 1.807) is 6.08 Å². The summed E-state index contributed by atoms with van der Waals surface area (Å²) in [6.07, 6.45) is 8.07. The van der Waals surface area contributed by atoms with E-state index in [4.69, 9.17) is 18.6 Å². The number of esters is 1. The molecule has 2 aromatic rings. The summed E-state index contributed by atoms with van der Waals surface area (Å²) in [6, 6.07) is 21.6. The van der Waals surface area contributed by atoms with Crippen LogP contribution in [0.4, 0.5) is 0 Å². The van der Waals surface area contributed by atoms with Crippen LogP contribution in [0.3, 0.4) is 0 Å². The summed E-state index contributed by atoms with van der Waals surface area (Å²) in [5.74, 6) is -1.04. The molecule has 1 aliphatic heterocycles. The fraction of sp³-hybridized carbons (Fsp3) is 0.531. The van der Waals surface area contributed by atoms with Crippen molar-refractivity contribution in [1.29, 1.82) is 0 Å². The Morgan fingerprint density at radius 2 is 1.55 bits per heavy atom. The molecule has 0 aliphatic carbocycles. The van der Waals surface area contributed by atoms with Crippen LogP contribution in [0.15, 0.2) is 72.8 Å². The summed E-state index contributed by atoms with van der Waals surface area (Å²) in [7, 11) is -1.16. The molecule has 5 nitrogen and oxygen atoms in total. The van der Waals surface area contributed by atoms with Crippen molar-refractivity contribution in [3.8, 4) is 0 Å². The van der Waals surface area contributed by atoms with Crippen LogP contribution in [0.5, 0.6) is 0 Å². The number of ether oxygens (including phenoxy) is 3. The van der Waals surface area contributed by atoms with Gasteiger partial charge in [-0.25, -0.2) is 4.79 Å². The van der Waals surface area contributed by atoms with E-state index >= 15 is 0 Å². The van der Waals surface area contributed by atoms with Crippen LogP contribution >= 0.6 is 0 Å². The number of rotatable bonds is 12. The monoisotopic (exact) mass is 538 g/mol. The molecule has 0 aromatic heterocycles. The maximum Gasteiger partial charge on any atom is 0.330 e. The van der Waals surface area contributed by atoms with Gasteiger partial charge in [0.15, 0.2) is 5.79 Å². The van der Waals surface area contributed by atoms with Crippen molar-refractivity contribution in [2.24, 2.45) is 0 Å². The van der Waals surface area contributed by atoms with E-state index in [9.17, 15) is 4.79 Å². The molecule has 2 aromatic carbocycles. The first-order chi connectivity index (χ1) is 18.0. The number of carbonyl (C=O) groups excluding carboxylic acids is 1. The number of carbonyl (C=O) groups is 1. The molecule has 3 rings (SSSR count). The lowest BCUT2D eigenvalue weighted by Gasteiger charge is -2.44. The van der Waals surface area contributed by atoms with Crippen molar-refractivity contribution in [2.75, 3.05) is 7.11 Å². The molecule has 0 N–H and O–H groups in total. The van der Waals surface area contributed by atoms with Gasteiger partial charge >= 0.3 is 5.97 Å². The van der Waals surface area contributed by atoms with Crippen molar-refractivity contribution in [3.05, 3.63) is 72.8 Å². The van der Waals surface area contributed by atoms with E-state index < -0.39 is 14.1 Å². The number of unbranched alkanes of at least 4 members (excludes halogenated alkanes) is 2. The Labute approximate surface area is 230 Å². The van der Waals surface area contributed by atoms with Crippen molar-refractivity contribution in [2.45, 2.75) is 103 Å². The Bertz CT molecular complexity index is 989.